The number of carbonyl (C=O) groups is 5. The number of Topliss-reactive ketones (excluding diaryl/α,β-unsaturated/α-hetero) is 1. The molecule has 0 aromatic heterocycles. The number of rotatable bonds is 16. The quantitative estimate of drug-likeness (QED) is 0.109. The Hall–Kier alpha value is -4.74. The van der Waals surface area contributed by atoms with Crippen LogP contribution in [0.2, 0.25) is 5.02 Å². The van der Waals surface area contributed by atoms with E-state index >= 15 is 0 Å². The zero-order valence-corrected chi connectivity index (χ0v) is 35.3. The zero-order valence-electron chi connectivity index (χ0n) is 34.5. The number of hydrogen-bond acceptors (Lipinski definition) is 7. The van der Waals surface area contributed by atoms with E-state index in [1.165, 1.54) is 29.7 Å². The summed E-state index contributed by atoms with van der Waals surface area (Å²) >= 11 is 6.54. The first-order valence-electron chi connectivity index (χ1n) is 19.2. The van der Waals surface area contributed by atoms with E-state index in [2.05, 4.69) is 64.3 Å². The fraction of sp³-hybridized carbons (Fsp3) is 0.477. The number of nitrogens with zero attached hydrogens (tertiary/aromatic N) is 2. The number of urea groups is 1. The summed E-state index contributed by atoms with van der Waals surface area (Å²) in [5, 5.41) is 5.62. The van der Waals surface area contributed by atoms with Gasteiger partial charge in [-0.15, -0.1) is 0 Å². The lowest BCUT2D eigenvalue weighted by Crippen LogP contribution is -2.55. The van der Waals surface area contributed by atoms with E-state index in [0.717, 1.165) is 24.0 Å². The average Bonchev–Trinajstić information content (AvgIpc) is 3.38. The Morgan fingerprint density at radius 1 is 0.821 bits per heavy atom. The number of carbonyl (C=O) groups excluding carboxylic acids is 5. The van der Waals surface area contributed by atoms with Crippen molar-refractivity contribution < 1.29 is 33.4 Å². The van der Waals surface area contributed by atoms with Crippen LogP contribution in [0.1, 0.15) is 105 Å². The summed E-state index contributed by atoms with van der Waals surface area (Å²) in [6.07, 6.45) is -0.00869. The molecule has 1 aliphatic heterocycles. The van der Waals surface area contributed by atoms with Crippen molar-refractivity contribution in [2.75, 3.05) is 17.7 Å². The van der Waals surface area contributed by atoms with Crippen LogP contribution in [-0.2, 0) is 41.3 Å². The highest BCUT2D eigenvalue weighted by Gasteiger charge is 2.54. The molecule has 4 rings (SSSR count). The molecule has 3 atom stereocenters. The highest BCUT2D eigenvalue weighted by molar-refractivity contribution is 6.34. The van der Waals surface area contributed by atoms with Crippen LogP contribution in [0, 0.1) is 5.41 Å². The number of anilines is 2. The van der Waals surface area contributed by atoms with Gasteiger partial charge < -0.3 is 20.1 Å². The van der Waals surface area contributed by atoms with Crippen LogP contribution in [0.3, 0.4) is 0 Å². The molecule has 3 unspecified atom stereocenters. The second kappa shape index (κ2) is 17.6. The first kappa shape index (κ1) is 44.0. The third-order valence-corrected chi connectivity index (χ3v) is 11.1. The fourth-order valence-electron chi connectivity index (χ4n) is 6.32. The van der Waals surface area contributed by atoms with Gasteiger partial charge in [-0.3, -0.25) is 24.1 Å². The Morgan fingerprint density at radius 2 is 1.46 bits per heavy atom. The van der Waals surface area contributed by atoms with Crippen molar-refractivity contribution in [1.29, 1.82) is 0 Å². The number of halogens is 1. The standard InChI is InChI=1S/C44H57ClN4O7/c1-12-33(56-34-23-20-28(43(7,8)13-2)24-30(34)44(9,10)14-3)37(51)46-29-21-22-31(45)32(25-29)47-38(52)35(36(50)42(4,5)6)49-39(53)40(55-11)48(41(49)54)26-27-18-16-15-17-19-27/h15-25,33,35,40H,12-14,26H2,1-11H3,(H,46,51)(H,47,52). The van der Waals surface area contributed by atoms with E-state index in [9.17, 15) is 24.0 Å². The van der Waals surface area contributed by atoms with E-state index in [0.29, 0.717) is 22.8 Å². The molecule has 3 aromatic rings. The van der Waals surface area contributed by atoms with E-state index in [1.807, 2.05) is 19.1 Å². The molecule has 1 fully saturated rings. The Bertz CT molecular complexity index is 1940. The molecule has 1 saturated heterocycles. The van der Waals surface area contributed by atoms with Gasteiger partial charge in [0.05, 0.1) is 17.3 Å². The van der Waals surface area contributed by atoms with Crippen molar-refractivity contribution in [1.82, 2.24) is 9.80 Å². The number of ketones is 1. The number of hydrogen-bond donors (Lipinski definition) is 2. The molecule has 5 amide bonds. The summed E-state index contributed by atoms with van der Waals surface area (Å²) in [6, 6.07) is 17.0. The third-order valence-electron chi connectivity index (χ3n) is 10.8. The maximum absolute atomic E-state index is 14.1. The maximum Gasteiger partial charge on any atom is 0.330 e. The molecule has 0 saturated carbocycles. The number of benzene rings is 3. The van der Waals surface area contributed by atoms with Gasteiger partial charge in [0, 0.05) is 23.8 Å². The summed E-state index contributed by atoms with van der Waals surface area (Å²) in [7, 11) is 1.28. The number of ether oxygens (including phenoxy) is 2. The van der Waals surface area contributed by atoms with Crippen molar-refractivity contribution in [2.24, 2.45) is 5.41 Å². The monoisotopic (exact) mass is 788 g/mol. The van der Waals surface area contributed by atoms with Crippen LogP contribution in [-0.4, -0.2) is 64.8 Å². The molecule has 1 heterocycles. The third kappa shape index (κ3) is 9.61. The Balaban J connectivity index is 1.60. The second-order valence-electron chi connectivity index (χ2n) is 16.6. The van der Waals surface area contributed by atoms with Crippen molar-refractivity contribution in [2.45, 2.75) is 124 Å². The summed E-state index contributed by atoms with van der Waals surface area (Å²) in [4.78, 5) is 71.2. The average molecular weight is 789 g/mol. The highest BCUT2D eigenvalue weighted by atomic mass is 35.5. The Labute approximate surface area is 336 Å². The molecule has 302 valence electrons. The van der Waals surface area contributed by atoms with Gasteiger partial charge >= 0.3 is 6.03 Å². The highest BCUT2D eigenvalue weighted by Crippen LogP contribution is 2.39. The van der Waals surface area contributed by atoms with Crippen molar-refractivity contribution in [3.8, 4) is 5.75 Å². The topological polar surface area (TPSA) is 134 Å². The van der Waals surface area contributed by atoms with Gasteiger partial charge in [0.15, 0.2) is 17.9 Å². The normalized spacial score (nSPS) is 16.1. The van der Waals surface area contributed by atoms with Crippen LogP contribution in [0.5, 0.6) is 5.75 Å². The predicted octanol–water partition coefficient (Wildman–Crippen LogP) is 8.87. The van der Waals surface area contributed by atoms with Crippen molar-refractivity contribution in [3.05, 3.63) is 88.4 Å². The number of methoxy groups -OCH3 is 1. The molecule has 2 N–H and O–H groups in total. The predicted molar refractivity (Wildman–Crippen MR) is 220 cm³/mol. The molecule has 3 aromatic carbocycles. The SMILES string of the molecule is CCC(Oc1ccc(C(C)(C)CC)cc1C(C)(C)CC)C(=O)Nc1ccc(Cl)c(NC(=O)C(C(=O)C(C)(C)C)N2C(=O)C(OC)N(Cc3ccccc3)C2=O)c1. The molecular weight excluding hydrogens is 732 g/mol. The first-order chi connectivity index (χ1) is 26.2. The Morgan fingerprint density at radius 3 is 2.04 bits per heavy atom. The minimum Gasteiger partial charge on any atom is -0.480 e. The first-order valence-corrected chi connectivity index (χ1v) is 19.6. The van der Waals surface area contributed by atoms with Crippen LogP contribution in [0.15, 0.2) is 66.7 Å². The minimum atomic E-state index is -1.85. The zero-order chi connectivity index (χ0) is 41.7. The molecular formula is C44H57ClN4O7. The van der Waals surface area contributed by atoms with Crippen molar-refractivity contribution in [3.63, 3.8) is 0 Å². The number of amides is 5. The molecule has 56 heavy (non-hydrogen) atoms. The van der Waals surface area contributed by atoms with Crippen LogP contribution >= 0.6 is 11.6 Å². The van der Waals surface area contributed by atoms with E-state index in [1.54, 1.807) is 51.1 Å². The summed E-state index contributed by atoms with van der Waals surface area (Å²) in [6.45, 7) is 19.7. The lowest BCUT2D eigenvalue weighted by Gasteiger charge is -2.31. The number of nitrogens with one attached hydrogen (secondary N) is 2. The number of imide groups is 1. The molecule has 0 spiro atoms. The molecule has 11 nitrogen and oxygen atoms in total. The largest absolute Gasteiger partial charge is 0.480 e. The van der Waals surface area contributed by atoms with Gasteiger partial charge in [-0.05, 0) is 65.5 Å². The van der Waals surface area contributed by atoms with Crippen LogP contribution < -0.4 is 15.4 Å². The van der Waals surface area contributed by atoms with Gasteiger partial charge in [-0.25, -0.2) is 9.69 Å². The smallest absolute Gasteiger partial charge is 0.330 e. The van der Waals surface area contributed by atoms with E-state index in [-0.39, 0.29) is 28.1 Å². The molecule has 1 aliphatic rings. The van der Waals surface area contributed by atoms with Gasteiger partial charge in [-0.2, -0.15) is 0 Å². The van der Waals surface area contributed by atoms with Gasteiger partial charge in [0.2, 0.25) is 6.23 Å². The van der Waals surface area contributed by atoms with Crippen molar-refractivity contribution >= 4 is 52.5 Å². The molecule has 0 aliphatic carbocycles. The molecule has 12 heteroatoms. The van der Waals surface area contributed by atoms with E-state index < -0.39 is 53.3 Å². The molecule has 0 bridgehead atoms. The van der Waals surface area contributed by atoms with Crippen LogP contribution in [0.25, 0.3) is 0 Å². The van der Waals surface area contributed by atoms with Crippen LogP contribution in [0.4, 0.5) is 16.2 Å². The lowest BCUT2D eigenvalue weighted by atomic mass is 9.76. The summed E-state index contributed by atoms with van der Waals surface area (Å²) in [5.74, 6) is -2.25. The second-order valence-corrected chi connectivity index (χ2v) is 17.0. The molecule has 0 radical (unpaired) electrons. The minimum absolute atomic E-state index is 0.00846. The van der Waals surface area contributed by atoms with Gasteiger partial charge in [0.25, 0.3) is 17.7 Å². The Kier molecular flexibility index (Phi) is 13.8. The maximum atomic E-state index is 14.1. The van der Waals surface area contributed by atoms with Gasteiger partial charge in [0.1, 0.15) is 5.75 Å². The fourth-order valence-corrected chi connectivity index (χ4v) is 6.49. The van der Waals surface area contributed by atoms with E-state index in [4.69, 9.17) is 21.1 Å². The summed E-state index contributed by atoms with van der Waals surface area (Å²) < 4.78 is 11.8. The van der Waals surface area contributed by atoms with Gasteiger partial charge in [-0.1, -0.05) is 123 Å². The summed E-state index contributed by atoms with van der Waals surface area (Å²) in [5.41, 5.74) is 1.92. The lowest BCUT2D eigenvalue weighted by molar-refractivity contribution is -0.148.